The summed E-state index contributed by atoms with van der Waals surface area (Å²) in [4.78, 5) is 11.8. The van der Waals surface area contributed by atoms with Crippen LogP contribution in [0.25, 0.3) is 0 Å². The van der Waals surface area contributed by atoms with E-state index in [0.717, 1.165) is 13.0 Å². The maximum absolute atomic E-state index is 13.1. The second kappa shape index (κ2) is 4.57. The average molecular weight is 171 g/mol. The Kier molecular flexibility index (Phi) is 3.68. The van der Waals surface area contributed by atoms with Crippen LogP contribution in [-0.2, 0) is 4.79 Å². The number of nitrogens with zero attached hydrogens (tertiary/aromatic N) is 1. The molecule has 1 rings (SSSR count). The maximum atomic E-state index is 13.1. The molecule has 1 saturated heterocycles. The van der Waals surface area contributed by atoms with Gasteiger partial charge in [-0.05, 0) is 19.4 Å². The quantitative estimate of drug-likeness (QED) is 0.452. The number of rotatable bonds is 2. The predicted molar refractivity (Wildman–Crippen MR) is 46.2 cm³/mol. The van der Waals surface area contributed by atoms with Crippen molar-refractivity contribution in [3.8, 4) is 0 Å². The third kappa shape index (κ3) is 2.57. The standard InChI is InChI=1S/C7H13BFN2O/c9-6-4-11(8-5-12)3-1-2-7(6)10/h5-7H,1-4,10H2/t6-,7+/m0/s1. The van der Waals surface area contributed by atoms with Gasteiger partial charge in [-0.3, -0.25) is 0 Å². The summed E-state index contributed by atoms with van der Waals surface area (Å²) in [6.45, 7) is 0.979. The number of carbonyl (C=O) groups is 1. The number of halogens is 1. The van der Waals surface area contributed by atoms with E-state index in [-0.39, 0.29) is 12.6 Å². The first kappa shape index (κ1) is 9.67. The fraction of sp³-hybridized carbons (Fsp3) is 0.857. The maximum Gasteiger partial charge on any atom is 0.293 e. The van der Waals surface area contributed by atoms with Gasteiger partial charge in [-0.1, -0.05) is 0 Å². The highest BCUT2D eigenvalue weighted by molar-refractivity contribution is 6.64. The molecule has 0 aromatic heterocycles. The van der Waals surface area contributed by atoms with E-state index in [1.54, 1.807) is 4.81 Å². The molecule has 2 N–H and O–H groups in total. The molecule has 0 amide bonds. The monoisotopic (exact) mass is 171 g/mol. The lowest BCUT2D eigenvalue weighted by Gasteiger charge is -2.18. The minimum Gasteiger partial charge on any atom is -0.337 e. The van der Waals surface area contributed by atoms with Gasteiger partial charge >= 0.3 is 0 Å². The van der Waals surface area contributed by atoms with Crippen LogP contribution in [0.1, 0.15) is 12.8 Å². The van der Waals surface area contributed by atoms with Gasteiger partial charge in [0.05, 0.1) is 6.19 Å². The van der Waals surface area contributed by atoms with Gasteiger partial charge in [0.1, 0.15) is 6.17 Å². The molecule has 0 bridgehead atoms. The zero-order chi connectivity index (χ0) is 8.97. The molecule has 5 heteroatoms. The van der Waals surface area contributed by atoms with Crippen LogP contribution in [-0.4, -0.2) is 43.7 Å². The van der Waals surface area contributed by atoms with Crippen molar-refractivity contribution < 1.29 is 9.18 Å². The fourth-order valence-electron chi connectivity index (χ4n) is 1.38. The molecule has 1 aliphatic heterocycles. The summed E-state index contributed by atoms with van der Waals surface area (Å²) in [6, 6.07) is -0.366. The van der Waals surface area contributed by atoms with Crippen LogP contribution in [0.2, 0.25) is 0 Å². The summed E-state index contributed by atoms with van der Waals surface area (Å²) in [5, 5.41) is 0. The number of nitrogens with two attached hydrogens (primary N) is 1. The van der Waals surface area contributed by atoms with Crippen molar-refractivity contribution in [3.63, 3.8) is 0 Å². The molecule has 1 aliphatic rings. The van der Waals surface area contributed by atoms with Gasteiger partial charge in [0, 0.05) is 12.6 Å². The number of alkyl halides is 1. The Morgan fingerprint density at radius 3 is 3.08 bits per heavy atom. The summed E-state index contributed by atoms with van der Waals surface area (Å²) in [5.74, 6) is 0. The van der Waals surface area contributed by atoms with Crippen molar-refractivity contribution in [1.29, 1.82) is 0 Å². The molecule has 0 aromatic rings. The van der Waals surface area contributed by atoms with E-state index in [1.807, 2.05) is 0 Å². The SMILES string of the molecule is N[C@@H]1CCCN([B]C=O)C[C@@H]1F. The van der Waals surface area contributed by atoms with Crippen LogP contribution in [0.15, 0.2) is 0 Å². The van der Waals surface area contributed by atoms with E-state index >= 15 is 0 Å². The van der Waals surface area contributed by atoms with Gasteiger partial charge in [0.15, 0.2) is 0 Å². The molecule has 0 saturated carbocycles. The summed E-state index contributed by atoms with van der Waals surface area (Å²) >= 11 is 0. The van der Waals surface area contributed by atoms with Crippen LogP contribution >= 0.6 is 0 Å². The first-order chi connectivity index (χ1) is 5.74. The van der Waals surface area contributed by atoms with Crippen molar-refractivity contribution in [1.82, 2.24) is 4.81 Å². The molecule has 1 radical (unpaired) electrons. The Balaban J connectivity index is 2.42. The zero-order valence-electron chi connectivity index (χ0n) is 6.95. The molecule has 0 aromatic carbocycles. The van der Waals surface area contributed by atoms with Crippen molar-refractivity contribution in [3.05, 3.63) is 0 Å². The van der Waals surface area contributed by atoms with Gasteiger partial charge in [-0.2, -0.15) is 0 Å². The summed E-state index contributed by atoms with van der Waals surface area (Å²) in [6.07, 6.45) is 1.23. The smallest absolute Gasteiger partial charge is 0.293 e. The first-order valence-corrected chi connectivity index (χ1v) is 4.16. The first-order valence-electron chi connectivity index (χ1n) is 4.16. The van der Waals surface area contributed by atoms with Gasteiger partial charge in [-0.25, -0.2) is 4.39 Å². The van der Waals surface area contributed by atoms with Crippen molar-refractivity contribution in [2.45, 2.75) is 25.1 Å². The van der Waals surface area contributed by atoms with Crippen LogP contribution < -0.4 is 5.73 Å². The Hall–Kier alpha value is -0.415. The van der Waals surface area contributed by atoms with Gasteiger partial charge in [-0.15, -0.1) is 0 Å². The number of hydrogen-bond donors (Lipinski definition) is 1. The van der Waals surface area contributed by atoms with Crippen LogP contribution in [0.5, 0.6) is 0 Å². The third-order valence-corrected chi connectivity index (χ3v) is 2.13. The fourth-order valence-corrected chi connectivity index (χ4v) is 1.38. The Morgan fingerprint density at radius 1 is 1.67 bits per heavy atom. The van der Waals surface area contributed by atoms with Gasteiger partial charge in [0.2, 0.25) is 0 Å². The molecule has 0 unspecified atom stereocenters. The van der Waals surface area contributed by atoms with E-state index < -0.39 is 6.17 Å². The summed E-state index contributed by atoms with van der Waals surface area (Å²) in [5.41, 5.74) is 5.53. The molecule has 67 valence electrons. The second-order valence-corrected chi connectivity index (χ2v) is 3.10. The minimum absolute atomic E-state index is 0.250. The largest absolute Gasteiger partial charge is 0.337 e. The molecule has 2 atom stereocenters. The highest BCUT2D eigenvalue weighted by atomic mass is 19.1. The van der Waals surface area contributed by atoms with Crippen molar-refractivity contribution in [2.24, 2.45) is 5.73 Å². The highest BCUT2D eigenvalue weighted by Gasteiger charge is 2.23. The summed E-state index contributed by atoms with van der Waals surface area (Å²) in [7, 11) is 1.38. The Morgan fingerprint density at radius 2 is 2.42 bits per heavy atom. The molecule has 1 fully saturated rings. The molecular formula is C7H13BFN2O. The lowest BCUT2D eigenvalue weighted by Crippen LogP contribution is -2.39. The Labute approximate surface area is 72.4 Å². The predicted octanol–water partition coefficient (Wildman–Crippen LogP) is -0.443. The van der Waals surface area contributed by atoms with E-state index in [1.165, 1.54) is 7.41 Å². The lowest BCUT2D eigenvalue weighted by molar-refractivity contribution is 0.251. The molecule has 12 heavy (non-hydrogen) atoms. The van der Waals surface area contributed by atoms with E-state index in [9.17, 15) is 9.18 Å². The average Bonchev–Trinajstić information content (AvgIpc) is 2.16. The Bertz CT molecular complexity index is 158. The minimum atomic E-state index is -1.01. The van der Waals surface area contributed by atoms with Crippen LogP contribution in [0.3, 0.4) is 0 Å². The van der Waals surface area contributed by atoms with E-state index in [0.29, 0.717) is 12.6 Å². The molecule has 1 heterocycles. The second-order valence-electron chi connectivity index (χ2n) is 3.10. The van der Waals surface area contributed by atoms with Crippen LogP contribution in [0.4, 0.5) is 4.39 Å². The van der Waals surface area contributed by atoms with Gasteiger partial charge < -0.3 is 15.3 Å². The van der Waals surface area contributed by atoms with E-state index in [2.05, 4.69) is 0 Å². The van der Waals surface area contributed by atoms with Crippen LogP contribution in [0, 0.1) is 0 Å². The number of hydrogen-bond acceptors (Lipinski definition) is 3. The molecule has 0 spiro atoms. The number of carbonyl (C=O) groups excluding carboxylic acids is 1. The normalized spacial score (nSPS) is 32.5. The summed E-state index contributed by atoms with van der Waals surface area (Å²) < 4.78 is 13.1. The highest BCUT2D eigenvalue weighted by Crippen LogP contribution is 2.11. The van der Waals surface area contributed by atoms with E-state index in [4.69, 9.17) is 5.73 Å². The molecule has 0 aliphatic carbocycles. The topological polar surface area (TPSA) is 46.3 Å². The zero-order valence-corrected chi connectivity index (χ0v) is 6.95. The lowest BCUT2D eigenvalue weighted by atomic mass is 9.94. The molecule has 3 nitrogen and oxygen atoms in total. The van der Waals surface area contributed by atoms with Crippen molar-refractivity contribution >= 4 is 13.6 Å². The van der Waals surface area contributed by atoms with Crippen molar-refractivity contribution in [2.75, 3.05) is 13.1 Å². The molecular weight excluding hydrogens is 158 g/mol. The third-order valence-electron chi connectivity index (χ3n) is 2.13. The van der Waals surface area contributed by atoms with Gasteiger partial charge in [0.25, 0.3) is 7.41 Å².